The first-order chi connectivity index (χ1) is 19.3. The second kappa shape index (κ2) is 7.85. The van der Waals surface area contributed by atoms with E-state index in [0.717, 1.165) is 17.0 Å². The molecule has 0 fully saturated rings. The number of nitrogens with one attached hydrogen (secondary N) is 1. The third-order valence-electron chi connectivity index (χ3n) is 8.06. The van der Waals surface area contributed by atoms with E-state index in [0.29, 0.717) is 0 Å². The summed E-state index contributed by atoms with van der Waals surface area (Å²) < 4.78 is 11.7. The summed E-state index contributed by atoms with van der Waals surface area (Å²) in [6.45, 7) is 0. The molecule has 4 heteroatoms. The van der Waals surface area contributed by atoms with Gasteiger partial charge in [0.15, 0.2) is 12.0 Å². The van der Waals surface area contributed by atoms with E-state index in [-0.39, 0.29) is 6.23 Å². The molecule has 0 radical (unpaired) electrons. The molecule has 1 atom stereocenters. The highest BCUT2D eigenvalue weighted by molar-refractivity contribution is 7.25. The molecule has 1 unspecified atom stereocenters. The number of benzene rings is 6. The van der Waals surface area contributed by atoms with Crippen molar-refractivity contribution < 1.29 is 4.74 Å². The molecule has 184 valence electrons. The van der Waals surface area contributed by atoms with Gasteiger partial charge in [-0.25, -0.2) is 0 Å². The number of nitrogens with zero attached hydrogens (tertiary/aromatic N) is 1. The molecule has 0 saturated carbocycles. The van der Waals surface area contributed by atoms with E-state index in [1.807, 2.05) is 11.3 Å². The number of ether oxygens (including phenoxy) is 1. The van der Waals surface area contributed by atoms with Gasteiger partial charge >= 0.3 is 0 Å². The Morgan fingerprint density at radius 3 is 1.97 bits per heavy atom. The summed E-state index contributed by atoms with van der Waals surface area (Å²) in [7, 11) is 0. The largest absolute Gasteiger partial charge is 0.464 e. The van der Waals surface area contributed by atoms with Crippen LogP contribution in [0.25, 0.3) is 58.4 Å². The van der Waals surface area contributed by atoms with Crippen LogP contribution in [0.15, 0.2) is 121 Å². The predicted molar refractivity (Wildman–Crippen MR) is 165 cm³/mol. The summed E-state index contributed by atoms with van der Waals surface area (Å²) in [6, 6.07) is 43.5. The van der Waals surface area contributed by atoms with Crippen molar-refractivity contribution in [2.45, 2.75) is 6.23 Å². The molecule has 1 aliphatic heterocycles. The highest BCUT2D eigenvalue weighted by Crippen LogP contribution is 2.49. The Balaban J connectivity index is 1.24. The lowest BCUT2D eigenvalue weighted by Crippen LogP contribution is -2.11. The zero-order chi connectivity index (χ0) is 25.5. The summed E-state index contributed by atoms with van der Waals surface area (Å²) in [5, 5.41) is 11.1. The van der Waals surface area contributed by atoms with Crippen LogP contribution >= 0.6 is 11.3 Å². The summed E-state index contributed by atoms with van der Waals surface area (Å²) in [6.07, 6.45) is -0.263. The molecule has 0 saturated heterocycles. The van der Waals surface area contributed by atoms with E-state index < -0.39 is 0 Å². The lowest BCUT2D eigenvalue weighted by Gasteiger charge is -2.18. The molecule has 8 aromatic rings. The minimum Gasteiger partial charge on any atom is -0.464 e. The first-order valence-corrected chi connectivity index (χ1v) is 14.0. The zero-order valence-corrected chi connectivity index (χ0v) is 21.7. The van der Waals surface area contributed by atoms with Gasteiger partial charge in [-0.1, -0.05) is 84.9 Å². The lowest BCUT2D eigenvalue weighted by molar-refractivity contribution is 0.264. The maximum absolute atomic E-state index is 6.74. The van der Waals surface area contributed by atoms with Crippen molar-refractivity contribution in [3.8, 4) is 11.4 Å². The molecule has 9 rings (SSSR count). The fourth-order valence-corrected chi connectivity index (χ4v) is 7.47. The number of para-hydroxylation sites is 2. The molecule has 6 aromatic carbocycles. The smallest absolute Gasteiger partial charge is 0.197 e. The average Bonchev–Trinajstić information content (AvgIpc) is 3.68. The van der Waals surface area contributed by atoms with E-state index in [1.54, 1.807) is 0 Å². The zero-order valence-electron chi connectivity index (χ0n) is 20.9. The van der Waals surface area contributed by atoms with Crippen LogP contribution in [0, 0.1) is 0 Å². The number of hydrogen-bond donors (Lipinski definition) is 1. The minimum atomic E-state index is -0.263. The average molecular weight is 519 g/mol. The second-order valence-electron chi connectivity index (χ2n) is 10.1. The van der Waals surface area contributed by atoms with Crippen molar-refractivity contribution in [3.05, 3.63) is 127 Å². The third kappa shape index (κ3) is 2.92. The summed E-state index contributed by atoms with van der Waals surface area (Å²) in [4.78, 5) is 0. The van der Waals surface area contributed by atoms with E-state index in [2.05, 4.69) is 131 Å². The molecular weight excluding hydrogens is 496 g/mol. The number of rotatable bonds is 2. The molecule has 0 bridgehead atoms. The monoisotopic (exact) mass is 518 g/mol. The Morgan fingerprint density at radius 2 is 1.21 bits per heavy atom. The van der Waals surface area contributed by atoms with E-state index in [4.69, 9.17) is 4.74 Å². The van der Waals surface area contributed by atoms with Gasteiger partial charge in [0.25, 0.3) is 0 Å². The summed E-state index contributed by atoms with van der Waals surface area (Å²) >= 11 is 1.82. The van der Waals surface area contributed by atoms with Gasteiger partial charge in [0.2, 0.25) is 0 Å². The Hall–Kier alpha value is -4.80. The molecule has 1 N–H and O–H groups in total. The van der Waals surface area contributed by atoms with Crippen molar-refractivity contribution in [2.75, 3.05) is 5.32 Å². The lowest BCUT2D eigenvalue weighted by atomic mass is 10.0. The quantitative estimate of drug-likeness (QED) is 0.246. The Bertz CT molecular complexity index is 2200. The molecular formula is C35H22N2OS. The first-order valence-electron chi connectivity index (χ1n) is 13.2. The van der Waals surface area contributed by atoms with Crippen LogP contribution in [0.3, 0.4) is 0 Å². The maximum Gasteiger partial charge on any atom is 0.197 e. The Labute approximate surface area is 228 Å². The van der Waals surface area contributed by atoms with Crippen LogP contribution in [0.2, 0.25) is 0 Å². The van der Waals surface area contributed by atoms with Gasteiger partial charge in [-0.05, 0) is 41.8 Å². The maximum atomic E-state index is 6.74. The van der Waals surface area contributed by atoms with Crippen LogP contribution in [0.5, 0.6) is 5.75 Å². The molecule has 3 heterocycles. The van der Waals surface area contributed by atoms with Crippen molar-refractivity contribution >= 4 is 69.8 Å². The predicted octanol–water partition coefficient (Wildman–Crippen LogP) is 9.81. The number of aromatic nitrogens is 1. The molecule has 39 heavy (non-hydrogen) atoms. The van der Waals surface area contributed by atoms with Gasteiger partial charge in [-0.15, -0.1) is 11.3 Å². The van der Waals surface area contributed by atoms with Crippen LogP contribution in [0.1, 0.15) is 11.8 Å². The number of anilines is 1. The molecule has 2 aromatic heterocycles. The molecule has 1 aliphatic rings. The van der Waals surface area contributed by atoms with E-state index >= 15 is 0 Å². The number of fused-ring (bicyclic) bond motifs is 9. The normalized spacial score (nSPS) is 14.8. The van der Waals surface area contributed by atoms with Crippen LogP contribution < -0.4 is 10.1 Å². The topological polar surface area (TPSA) is 26.2 Å². The standard InChI is InChI=1S/C35H22N2OS/c1-2-10-22-21(9-1)25(17-19-30(22)37-28-14-6-3-11-23(28)24-12-4-7-15-29(24)37)35-36-27-18-20-32-33(34(27)38-35)26-13-5-8-16-31(26)39-32/h1-20,35-36H. The Kier molecular flexibility index (Phi) is 4.26. The van der Waals surface area contributed by atoms with Gasteiger partial charge in [-0.3, -0.25) is 0 Å². The van der Waals surface area contributed by atoms with Gasteiger partial charge in [-0.2, -0.15) is 0 Å². The molecule has 3 nitrogen and oxygen atoms in total. The number of thiophene rings is 1. The Morgan fingerprint density at radius 1 is 0.564 bits per heavy atom. The highest BCUT2D eigenvalue weighted by Gasteiger charge is 2.28. The van der Waals surface area contributed by atoms with Crippen LogP contribution in [0.4, 0.5) is 5.69 Å². The van der Waals surface area contributed by atoms with Gasteiger partial charge in [0, 0.05) is 41.9 Å². The molecule has 0 amide bonds. The molecule has 0 spiro atoms. The highest BCUT2D eigenvalue weighted by atomic mass is 32.1. The fourth-order valence-electron chi connectivity index (χ4n) is 6.36. The van der Waals surface area contributed by atoms with Crippen molar-refractivity contribution in [3.63, 3.8) is 0 Å². The summed E-state index contributed by atoms with van der Waals surface area (Å²) in [5.41, 5.74) is 5.79. The van der Waals surface area contributed by atoms with Crippen LogP contribution in [-0.4, -0.2) is 4.57 Å². The number of hydrogen-bond acceptors (Lipinski definition) is 3. The van der Waals surface area contributed by atoms with Gasteiger partial charge in [0.05, 0.1) is 22.4 Å². The minimum absolute atomic E-state index is 0.263. The fraction of sp³-hybridized carbons (Fsp3) is 0.0286. The van der Waals surface area contributed by atoms with Crippen molar-refractivity contribution in [1.82, 2.24) is 4.57 Å². The van der Waals surface area contributed by atoms with Gasteiger partial charge in [0.1, 0.15) is 0 Å². The van der Waals surface area contributed by atoms with Crippen molar-refractivity contribution in [1.29, 1.82) is 0 Å². The second-order valence-corrected chi connectivity index (χ2v) is 11.2. The van der Waals surface area contributed by atoms with Crippen molar-refractivity contribution in [2.24, 2.45) is 0 Å². The third-order valence-corrected chi connectivity index (χ3v) is 9.19. The summed E-state index contributed by atoms with van der Waals surface area (Å²) in [5.74, 6) is 0.950. The SMILES string of the molecule is c1ccc2c(c1)sc1ccc3c(c12)OC(c1ccc(-n2c4ccccc4c4ccccc42)c2ccccc12)N3. The first kappa shape index (κ1) is 21.2. The van der Waals surface area contributed by atoms with E-state index in [9.17, 15) is 0 Å². The van der Waals surface area contributed by atoms with Crippen LogP contribution in [-0.2, 0) is 0 Å². The van der Waals surface area contributed by atoms with Gasteiger partial charge < -0.3 is 14.6 Å². The molecule has 0 aliphatic carbocycles. The van der Waals surface area contributed by atoms with E-state index in [1.165, 1.54) is 58.4 Å².